The summed E-state index contributed by atoms with van der Waals surface area (Å²) in [4.78, 5) is 35.0. The minimum absolute atomic E-state index is 0.00287. The largest absolute Gasteiger partial charge is 0.465 e. The maximum Gasteiger partial charge on any atom is 0.339 e. The van der Waals surface area contributed by atoms with Gasteiger partial charge in [-0.2, -0.15) is 0 Å². The number of hydrogen-bond acceptors (Lipinski definition) is 6. The van der Waals surface area contributed by atoms with Crippen molar-refractivity contribution in [2.75, 3.05) is 7.11 Å². The zero-order valence-corrected chi connectivity index (χ0v) is 11.3. The molecule has 6 nitrogen and oxygen atoms in total. The SMILES string of the molecule is COC(=O)c1cc(=O)oc2ccc3c(C)cc(=O)oc3c12. The third kappa shape index (κ3) is 2.01. The number of fused-ring (bicyclic) bond motifs is 3. The predicted octanol–water partition coefficient (Wildman–Crippen LogP) is 1.99. The second kappa shape index (κ2) is 4.59. The second-order valence-electron chi connectivity index (χ2n) is 4.53. The third-order valence-corrected chi connectivity index (χ3v) is 3.23. The molecule has 0 aliphatic carbocycles. The molecule has 106 valence electrons. The maximum absolute atomic E-state index is 11.9. The van der Waals surface area contributed by atoms with Crippen LogP contribution >= 0.6 is 0 Å². The normalized spacial score (nSPS) is 11.0. The molecule has 0 fully saturated rings. The number of benzene rings is 1. The molecule has 0 amide bonds. The van der Waals surface area contributed by atoms with Gasteiger partial charge in [0.05, 0.1) is 18.1 Å². The van der Waals surface area contributed by atoms with Crippen molar-refractivity contribution in [2.24, 2.45) is 0 Å². The highest BCUT2D eigenvalue weighted by Crippen LogP contribution is 2.28. The van der Waals surface area contributed by atoms with Gasteiger partial charge >= 0.3 is 17.2 Å². The lowest BCUT2D eigenvalue weighted by Crippen LogP contribution is -2.09. The van der Waals surface area contributed by atoms with Crippen LogP contribution in [0.1, 0.15) is 15.9 Å². The summed E-state index contributed by atoms with van der Waals surface area (Å²) in [6.07, 6.45) is 0. The molecule has 0 spiro atoms. The summed E-state index contributed by atoms with van der Waals surface area (Å²) in [5.41, 5.74) is -0.175. The molecule has 0 bridgehead atoms. The van der Waals surface area contributed by atoms with Crippen LogP contribution in [0.3, 0.4) is 0 Å². The van der Waals surface area contributed by atoms with Crippen molar-refractivity contribution in [3.8, 4) is 0 Å². The van der Waals surface area contributed by atoms with Gasteiger partial charge in [-0.1, -0.05) is 0 Å². The van der Waals surface area contributed by atoms with Gasteiger partial charge in [-0.25, -0.2) is 14.4 Å². The molecule has 0 aliphatic rings. The van der Waals surface area contributed by atoms with E-state index in [4.69, 9.17) is 8.83 Å². The fraction of sp³-hybridized carbons (Fsp3) is 0.133. The number of ether oxygens (including phenoxy) is 1. The average molecular weight is 286 g/mol. The minimum Gasteiger partial charge on any atom is -0.465 e. The highest BCUT2D eigenvalue weighted by Gasteiger charge is 2.18. The van der Waals surface area contributed by atoms with Crippen LogP contribution in [0.2, 0.25) is 0 Å². The Morgan fingerprint density at radius 2 is 1.81 bits per heavy atom. The number of rotatable bonds is 1. The van der Waals surface area contributed by atoms with Gasteiger partial charge in [0.25, 0.3) is 0 Å². The highest BCUT2D eigenvalue weighted by atomic mass is 16.5. The summed E-state index contributed by atoms with van der Waals surface area (Å²) in [6.45, 7) is 1.75. The molecule has 0 aliphatic heterocycles. The summed E-state index contributed by atoms with van der Waals surface area (Å²) < 4.78 is 14.9. The van der Waals surface area contributed by atoms with Crippen molar-refractivity contribution in [3.63, 3.8) is 0 Å². The Morgan fingerprint density at radius 1 is 1.10 bits per heavy atom. The Kier molecular flexibility index (Phi) is 2.86. The summed E-state index contributed by atoms with van der Waals surface area (Å²) >= 11 is 0. The van der Waals surface area contributed by atoms with Crippen LogP contribution < -0.4 is 11.3 Å². The Bertz CT molecular complexity index is 993. The van der Waals surface area contributed by atoms with Gasteiger partial charge in [-0.05, 0) is 24.6 Å². The molecule has 6 heteroatoms. The van der Waals surface area contributed by atoms with E-state index < -0.39 is 17.2 Å². The van der Waals surface area contributed by atoms with E-state index in [0.717, 1.165) is 6.07 Å². The molecular weight excluding hydrogens is 276 g/mol. The van der Waals surface area contributed by atoms with Gasteiger partial charge in [0.1, 0.15) is 5.58 Å². The third-order valence-electron chi connectivity index (χ3n) is 3.23. The smallest absolute Gasteiger partial charge is 0.339 e. The van der Waals surface area contributed by atoms with Crippen LogP contribution in [-0.2, 0) is 4.74 Å². The first kappa shape index (κ1) is 13.1. The number of hydrogen-bond donors (Lipinski definition) is 0. The Balaban J connectivity index is 2.63. The molecule has 0 N–H and O–H groups in total. The van der Waals surface area contributed by atoms with E-state index in [2.05, 4.69) is 4.74 Å². The molecule has 3 rings (SSSR count). The highest BCUT2D eigenvalue weighted by molar-refractivity contribution is 6.13. The van der Waals surface area contributed by atoms with Gasteiger partial charge in [-0.15, -0.1) is 0 Å². The van der Waals surface area contributed by atoms with E-state index in [1.165, 1.54) is 13.2 Å². The number of aryl methyl sites for hydroxylation is 1. The molecule has 0 atom stereocenters. The Hall–Kier alpha value is -2.89. The van der Waals surface area contributed by atoms with E-state index in [0.29, 0.717) is 10.9 Å². The number of carbonyl (C=O) groups is 1. The first-order valence-electron chi connectivity index (χ1n) is 6.11. The molecule has 2 aromatic heterocycles. The Morgan fingerprint density at radius 3 is 2.52 bits per heavy atom. The van der Waals surface area contributed by atoms with E-state index in [-0.39, 0.29) is 22.1 Å². The molecular formula is C15H10O6. The van der Waals surface area contributed by atoms with Gasteiger partial charge in [0, 0.05) is 17.5 Å². The lowest BCUT2D eigenvalue weighted by molar-refractivity contribution is 0.0602. The molecule has 0 unspecified atom stereocenters. The molecule has 0 saturated carbocycles. The van der Waals surface area contributed by atoms with E-state index >= 15 is 0 Å². The lowest BCUT2D eigenvalue weighted by atomic mass is 10.0. The number of carbonyl (C=O) groups excluding carboxylic acids is 1. The van der Waals surface area contributed by atoms with Crippen LogP contribution in [0.5, 0.6) is 0 Å². The average Bonchev–Trinajstić information content (AvgIpc) is 2.44. The molecule has 0 saturated heterocycles. The monoisotopic (exact) mass is 286 g/mol. The Labute approximate surface area is 117 Å². The minimum atomic E-state index is -0.704. The summed E-state index contributed by atoms with van der Waals surface area (Å²) in [7, 11) is 1.20. The fourth-order valence-electron chi connectivity index (χ4n) is 2.30. The van der Waals surface area contributed by atoms with Crippen LogP contribution in [-0.4, -0.2) is 13.1 Å². The van der Waals surface area contributed by atoms with Crippen molar-refractivity contribution >= 4 is 27.9 Å². The van der Waals surface area contributed by atoms with Crippen LogP contribution in [0.15, 0.2) is 42.7 Å². The molecule has 21 heavy (non-hydrogen) atoms. The van der Waals surface area contributed by atoms with Crippen molar-refractivity contribution in [3.05, 3.63) is 56.2 Å². The summed E-state index contributed by atoms with van der Waals surface area (Å²) in [5, 5.41) is 0.904. The fourth-order valence-corrected chi connectivity index (χ4v) is 2.30. The molecule has 0 radical (unpaired) electrons. The van der Waals surface area contributed by atoms with Gasteiger partial charge in [0.2, 0.25) is 0 Å². The maximum atomic E-state index is 11.9. The summed E-state index contributed by atoms with van der Waals surface area (Å²) in [6, 6.07) is 5.60. The lowest BCUT2D eigenvalue weighted by Gasteiger charge is -2.07. The first-order chi connectivity index (χ1) is 10.0. The van der Waals surface area contributed by atoms with Crippen molar-refractivity contribution in [2.45, 2.75) is 6.92 Å². The van der Waals surface area contributed by atoms with Crippen molar-refractivity contribution in [1.29, 1.82) is 0 Å². The van der Waals surface area contributed by atoms with Gasteiger partial charge in [0.15, 0.2) is 5.58 Å². The van der Waals surface area contributed by atoms with Gasteiger partial charge in [-0.3, -0.25) is 0 Å². The van der Waals surface area contributed by atoms with E-state index in [1.54, 1.807) is 19.1 Å². The number of methoxy groups -OCH3 is 1. The van der Waals surface area contributed by atoms with E-state index in [9.17, 15) is 14.4 Å². The zero-order chi connectivity index (χ0) is 15.1. The molecule has 2 heterocycles. The predicted molar refractivity (Wildman–Crippen MR) is 74.6 cm³/mol. The standard InChI is InChI=1S/C15H10O6/c1-7-5-11(16)21-14-8(7)3-4-10-13(14)9(15(18)19-2)6-12(17)20-10/h3-6H,1-2H3. The topological polar surface area (TPSA) is 86.7 Å². The molecule has 3 aromatic rings. The molecule has 1 aromatic carbocycles. The van der Waals surface area contributed by atoms with E-state index in [1.807, 2.05) is 0 Å². The summed E-state index contributed by atoms with van der Waals surface area (Å²) in [5.74, 6) is -0.704. The van der Waals surface area contributed by atoms with Crippen LogP contribution in [0.25, 0.3) is 21.9 Å². The first-order valence-corrected chi connectivity index (χ1v) is 6.11. The van der Waals surface area contributed by atoms with Crippen molar-refractivity contribution < 1.29 is 18.4 Å². The number of esters is 1. The second-order valence-corrected chi connectivity index (χ2v) is 4.53. The van der Waals surface area contributed by atoms with Crippen molar-refractivity contribution in [1.82, 2.24) is 0 Å². The zero-order valence-electron chi connectivity index (χ0n) is 11.3. The van der Waals surface area contributed by atoms with Crippen LogP contribution in [0, 0.1) is 6.92 Å². The quantitative estimate of drug-likeness (QED) is 0.386. The van der Waals surface area contributed by atoms with Crippen LogP contribution in [0.4, 0.5) is 0 Å². The van der Waals surface area contributed by atoms with Gasteiger partial charge < -0.3 is 13.6 Å².